The van der Waals surface area contributed by atoms with Crippen molar-refractivity contribution in [2.75, 3.05) is 0 Å². The first-order valence-corrected chi connectivity index (χ1v) is 5.13. The van der Waals surface area contributed by atoms with Crippen LogP contribution >= 0.6 is 0 Å². The van der Waals surface area contributed by atoms with Crippen LogP contribution in [0.2, 0.25) is 0 Å². The van der Waals surface area contributed by atoms with Crippen LogP contribution in [0.1, 0.15) is 46.5 Å². The molecule has 2 rings (SSSR count). The zero-order chi connectivity index (χ0) is 8.06. The molecule has 0 nitrogen and oxygen atoms in total. The Morgan fingerprint density at radius 2 is 1.91 bits per heavy atom. The predicted octanol–water partition coefficient (Wildman–Crippen LogP) is 3.47. The molecular weight excluding hydrogens is 132 g/mol. The highest BCUT2D eigenvalue weighted by atomic mass is 14.5. The third-order valence-electron chi connectivity index (χ3n) is 4.48. The van der Waals surface area contributed by atoms with Crippen molar-refractivity contribution in [2.45, 2.75) is 46.5 Å². The van der Waals surface area contributed by atoms with E-state index >= 15 is 0 Å². The summed E-state index contributed by atoms with van der Waals surface area (Å²) in [6, 6.07) is 0. The lowest BCUT2D eigenvalue weighted by atomic mass is 9.76. The molecule has 0 amide bonds. The molecule has 0 heterocycles. The smallest absolute Gasteiger partial charge is 0.0269 e. The molecule has 0 heteroatoms. The molecule has 4 unspecified atom stereocenters. The van der Waals surface area contributed by atoms with Gasteiger partial charge in [0.25, 0.3) is 0 Å². The first kappa shape index (κ1) is 7.64. The molecule has 2 aliphatic carbocycles. The summed E-state index contributed by atoms with van der Waals surface area (Å²) in [6.45, 7) is 7.41. The molecule has 0 aromatic carbocycles. The van der Waals surface area contributed by atoms with Crippen molar-refractivity contribution in [1.82, 2.24) is 0 Å². The summed E-state index contributed by atoms with van der Waals surface area (Å²) in [5.74, 6) is 3.08. The lowest BCUT2D eigenvalue weighted by molar-refractivity contribution is 0.202. The lowest BCUT2D eigenvalue weighted by Gasteiger charge is -2.29. The Morgan fingerprint density at radius 1 is 1.18 bits per heavy atom. The third-order valence-corrected chi connectivity index (χ3v) is 4.48. The molecule has 2 aliphatic rings. The standard InChI is InChI=1S/C11H20/c1-8-6-10-5-4-9(2)11(10,3)7-8/h8-10H,4-7H2,1-3H3. The minimum atomic E-state index is 0.736. The van der Waals surface area contributed by atoms with E-state index in [9.17, 15) is 0 Å². The Kier molecular flexibility index (Phi) is 1.56. The molecule has 0 radical (unpaired) electrons. The van der Waals surface area contributed by atoms with Gasteiger partial charge < -0.3 is 0 Å². The highest BCUT2D eigenvalue weighted by Crippen LogP contribution is 2.58. The van der Waals surface area contributed by atoms with Gasteiger partial charge in [0.05, 0.1) is 0 Å². The first-order valence-electron chi connectivity index (χ1n) is 5.13. The minimum Gasteiger partial charge on any atom is -0.0625 e. The quantitative estimate of drug-likeness (QED) is 0.498. The van der Waals surface area contributed by atoms with Crippen LogP contribution in [-0.4, -0.2) is 0 Å². The van der Waals surface area contributed by atoms with Gasteiger partial charge in [-0.25, -0.2) is 0 Å². The fraction of sp³-hybridized carbons (Fsp3) is 1.00. The monoisotopic (exact) mass is 152 g/mol. The summed E-state index contributed by atoms with van der Waals surface area (Å²) in [5, 5.41) is 0. The second kappa shape index (κ2) is 2.24. The van der Waals surface area contributed by atoms with Crippen molar-refractivity contribution in [2.24, 2.45) is 23.2 Å². The van der Waals surface area contributed by atoms with E-state index in [1.807, 2.05) is 0 Å². The summed E-state index contributed by atoms with van der Waals surface area (Å²) in [5.41, 5.74) is 0.736. The first-order chi connectivity index (χ1) is 5.13. The maximum absolute atomic E-state index is 2.53. The lowest BCUT2D eigenvalue weighted by Crippen LogP contribution is -2.21. The van der Waals surface area contributed by atoms with Gasteiger partial charge in [-0.05, 0) is 48.9 Å². The molecule has 64 valence electrons. The molecule has 0 spiro atoms. The molecule has 0 bridgehead atoms. The summed E-state index contributed by atoms with van der Waals surface area (Å²) in [4.78, 5) is 0. The zero-order valence-corrected chi connectivity index (χ0v) is 8.06. The van der Waals surface area contributed by atoms with Crippen LogP contribution in [0.25, 0.3) is 0 Å². The van der Waals surface area contributed by atoms with E-state index in [2.05, 4.69) is 20.8 Å². The molecule has 2 saturated carbocycles. The van der Waals surface area contributed by atoms with Gasteiger partial charge in [-0.2, -0.15) is 0 Å². The van der Waals surface area contributed by atoms with E-state index in [-0.39, 0.29) is 0 Å². The van der Waals surface area contributed by atoms with E-state index in [1.165, 1.54) is 25.7 Å². The molecule has 0 aromatic heterocycles. The highest BCUT2D eigenvalue weighted by Gasteiger charge is 2.49. The topological polar surface area (TPSA) is 0 Å². The van der Waals surface area contributed by atoms with Gasteiger partial charge in [0, 0.05) is 0 Å². The predicted molar refractivity (Wildman–Crippen MR) is 48.4 cm³/mol. The van der Waals surface area contributed by atoms with Gasteiger partial charge in [0.15, 0.2) is 0 Å². The van der Waals surface area contributed by atoms with Crippen LogP contribution in [-0.2, 0) is 0 Å². The van der Waals surface area contributed by atoms with Gasteiger partial charge in [-0.3, -0.25) is 0 Å². The van der Waals surface area contributed by atoms with Gasteiger partial charge >= 0.3 is 0 Å². The van der Waals surface area contributed by atoms with Gasteiger partial charge in [-0.15, -0.1) is 0 Å². The number of hydrogen-bond acceptors (Lipinski definition) is 0. The van der Waals surface area contributed by atoms with Crippen LogP contribution < -0.4 is 0 Å². The summed E-state index contributed by atoms with van der Waals surface area (Å²) < 4.78 is 0. The van der Waals surface area contributed by atoms with E-state index in [1.54, 1.807) is 0 Å². The maximum atomic E-state index is 2.53. The molecule has 0 N–H and O–H groups in total. The number of hydrogen-bond donors (Lipinski definition) is 0. The second-order valence-electron chi connectivity index (χ2n) is 5.23. The summed E-state index contributed by atoms with van der Waals surface area (Å²) in [6.07, 6.45) is 6.02. The van der Waals surface area contributed by atoms with Crippen molar-refractivity contribution < 1.29 is 0 Å². The maximum Gasteiger partial charge on any atom is -0.0269 e. The average molecular weight is 152 g/mol. The van der Waals surface area contributed by atoms with E-state index in [0.29, 0.717) is 0 Å². The van der Waals surface area contributed by atoms with Crippen LogP contribution in [0, 0.1) is 23.2 Å². The summed E-state index contributed by atoms with van der Waals surface area (Å²) >= 11 is 0. The van der Waals surface area contributed by atoms with Crippen molar-refractivity contribution in [3.05, 3.63) is 0 Å². The fourth-order valence-electron chi connectivity index (χ4n) is 3.59. The molecule has 11 heavy (non-hydrogen) atoms. The zero-order valence-electron chi connectivity index (χ0n) is 8.06. The van der Waals surface area contributed by atoms with Crippen LogP contribution in [0.4, 0.5) is 0 Å². The van der Waals surface area contributed by atoms with Gasteiger partial charge in [0.2, 0.25) is 0 Å². The second-order valence-corrected chi connectivity index (χ2v) is 5.23. The van der Waals surface area contributed by atoms with Crippen LogP contribution in [0.15, 0.2) is 0 Å². The molecule has 0 aromatic rings. The van der Waals surface area contributed by atoms with Crippen molar-refractivity contribution in [1.29, 1.82) is 0 Å². The number of rotatable bonds is 0. The van der Waals surface area contributed by atoms with Crippen LogP contribution in [0.3, 0.4) is 0 Å². The minimum absolute atomic E-state index is 0.736. The molecule has 0 saturated heterocycles. The van der Waals surface area contributed by atoms with E-state index in [0.717, 1.165) is 23.2 Å². The Labute approximate surface area is 70.4 Å². The number of fused-ring (bicyclic) bond motifs is 1. The van der Waals surface area contributed by atoms with Crippen molar-refractivity contribution in [3.8, 4) is 0 Å². The molecule has 0 aliphatic heterocycles. The van der Waals surface area contributed by atoms with Crippen LogP contribution in [0.5, 0.6) is 0 Å². The highest BCUT2D eigenvalue weighted by molar-refractivity contribution is 4.99. The molecule has 2 fully saturated rings. The van der Waals surface area contributed by atoms with Gasteiger partial charge in [0.1, 0.15) is 0 Å². The largest absolute Gasteiger partial charge is 0.0625 e. The summed E-state index contributed by atoms with van der Waals surface area (Å²) in [7, 11) is 0. The third kappa shape index (κ3) is 0.947. The Morgan fingerprint density at radius 3 is 2.55 bits per heavy atom. The Hall–Kier alpha value is 0. The van der Waals surface area contributed by atoms with E-state index in [4.69, 9.17) is 0 Å². The average Bonchev–Trinajstić information content (AvgIpc) is 2.32. The Bertz CT molecular complexity index is 161. The molecular formula is C11H20. The van der Waals surface area contributed by atoms with Crippen molar-refractivity contribution in [3.63, 3.8) is 0 Å². The van der Waals surface area contributed by atoms with Gasteiger partial charge in [-0.1, -0.05) is 20.8 Å². The normalized spacial score (nSPS) is 56.5. The SMILES string of the molecule is CC1CC2CCC(C)C2(C)C1. The fourth-order valence-corrected chi connectivity index (χ4v) is 3.59. The van der Waals surface area contributed by atoms with E-state index < -0.39 is 0 Å². The van der Waals surface area contributed by atoms with Crippen molar-refractivity contribution >= 4 is 0 Å². The molecule has 4 atom stereocenters. The Balaban J connectivity index is 2.20.